The van der Waals surface area contributed by atoms with Crippen molar-refractivity contribution < 1.29 is 0 Å². The summed E-state index contributed by atoms with van der Waals surface area (Å²) in [5.41, 5.74) is -0.388. The Morgan fingerprint density at radius 2 is 2.16 bits per heavy atom. The number of nitriles is 1. The summed E-state index contributed by atoms with van der Waals surface area (Å²) < 4.78 is 0. The van der Waals surface area contributed by atoms with E-state index in [1.807, 2.05) is 6.92 Å². The summed E-state index contributed by atoms with van der Waals surface area (Å²) in [5.74, 6) is 0. The molecule has 2 aliphatic heterocycles. The molecule has 2 aliphatic rings. The Morgan fingerprint density at radius 1 is 1.37 bits per heavy atom. The molecule has 0 bridgehead atoms. The van der Waals surface area contributed by atoms with Crippen molar-refractivity contribution in [2.24, 2.45) is 0 Å². The molecule has 0 aliphatic carbocycles. The molecule has 0 radical (unpaired) electrons. The third kappa shape index (κ3) is 3.92. The van der Waals surface area contributed by atoms with Crippen molar-refractivity contribution in [2.45, 2.75) is 57.7 Å². The summed E-state index contributed by atoms with van der Waals surface area (Å²) in [6.45, 7) is 12.1. The van der Waals surface area contributed by atoms with Crippen LogP contribution in [0.1, 0.15) is 40.0 Å². The monoisotopic (exact) mass is 264 g/mol. The van der Waals surface area contributed by atoms with Crippen LogP contribution in [0.3, 0.4) is 0 Å². The van der Waals surface area contributed by atoms with Crippen LogP contribution < -0.4 is 5.32 Å². The van der Waals surface area contributed by atoms with Crippen molar-refractivity contribution in [3.8, 4) is 6.07 Å². The van der Waals surface area contributed by atoms with Crippen LogP contribution in [0.25, 0.3) is 0 Å². The quantitative estimate of drug-likeness (QED) is 0.816. The lowest BCUT2D eigenvalue weighted by Crippen LogP contribution is -2.52. The van der Waals surface area contributed by atoms with E-state index in [-0.39, 0.29) is 5.54 Å². The highest BCUT2D eigenvalue weighted by atomic mass is 15.3. The Labute approximate surface area is 117 Å². The molecule has 4 nitrogen and oxygen atoms in total. The van der Waals surface area contributed by atoms with Gasteiger partial charge in [0.2, 0.25) is 0 Å². The van der Waals surface area contributed by atoms with E-state index in [1.165, 1.54) is 39.0 Å². The molecule has 0 aromatic carbocycles. The van der Waals surface area contributed by atoms with Gasteiger partial charge in [0.05, 0.1) is 6.07 Å². The Balaban J connectivity index is 1.80. The maximum Gasteiger partial charge on any atom is 0.105 e. The van der Waals surface area contributed by atoms with E-state index in [9.17, 15) is 5.26 Å². The van der Waals surface area contributed by atoms with Crippen LogP contribution >= 0.6 is 0 Å². The van der Waals surface area contributed by atoms with Crippen LogP contribution in [0.4, 0.5) is 0 Å². The van der Waals surface area contributed by atoms with Crippen molar-refractivity contribution >= 4 is 0 Å². The lowest BCUT2D eigenvalue weighted by Gasteiger charge is -2.38. The standard InChI is InChI=1S/C15H28N4/c1-13(2)17-15(3,12-16)6-8-18-9-10-19-7-4-5-14(19)11-18/h13-14,17H,4-11H2,1-3H3. The number of nitrogens with zero attached hydrogens (tertiary/aromatic N) is 3. The molecule has 0 amide bonds. The van der Waals surface area contributed by atoms with Gasteiger partial charge in [-0.15, -0.1) is 0 Å². The minimum absolute atomic E-state index is 0.358. The van der Waals surface area contributed by atoms with Gasteiger partial charge in [-0.05, 0) is 46.6 Å². The van der Waals surface area contributed by atoms with Crippen LogP contribution in [-0.2, 0) is 0 Å². The van der Waals surface area contributed by atoms with Crippen LogP contribution in [0.5, 0.6) is 0 Å². The zero-order chi connectivity index (χ0) is 13.9. The lowest BCUT2D eigenvalue weighted by atomic mass is 9.98. The van der Waals surface area contributed by atoms with E-state index >= 15 is 0 Å². The fourth-order valence-corrected chi connectivity index (χ4v) is 3.44. The van der Waals surface area contributed by atoms with E-state index in [1.54, 1.807) is 0 Å². The SMILES string of the molecule is CC(C)NC(C)(C#N)CCN1CCN2CCCC2C1. The molecular weight excluding hydrogens is 236 g/mol. The molecular formula is C15H28N4. The first-order valence-electron chi connectivity index (χ1n) is 7.68. The molecule has 2 saturated heterocycles. The average Bonchev–Trinajstić information content (AvgIpc) is 2.83. The number of hydrogen-bond donors (Lipinski definition) is 1. The van der Waals surface area contributed by atoms with Gasteiger partial charge in [-0.2, -0.15) is 5.26 Å². The molecule has 4 heteroatoms. The van der Waals surface area contributed by atoms with Gasteiger partial charge in [0.25, 0.3) is 0 Å². The fourth-order valence-electron chi connectivity index (χ4n) is 3.44. The van der Waals surface area contributed by atoms with Crippen molar-refractivity contribution in [3.63, 3.8) is 0 Å². The van der Waals surface area contributed by atoms with Gasteiger partial charge in [-0.25, -0.2) is 0 Å². The van der Waals surface area contributed by atoms with Gasteiger partial charge in [-0.3, -0.25) is 10.2 Å². The number of rotatable bonds is 5. The highest BCUT2D eigenvalue weighted by Crippen LogP contribution is 2.22. The number of hydrogen-bond acceptors (Lipinski definition) is 4. The molecule has 0 aromatic rings. The Bertz CT molecular complexity index is 336. The Kier molecular flexibility index (Phi) is 4.83. The Morgan fingerprint density at radius 3 is 2.84 bits per heavy atom. The highest BCUT2D eigenvalue weighted by molar-refractivity contribution is 5.05. The van der Waals surface area contributed by atoms with E-state index in [0.717, 1.165) is 19.0 Å². The third-order valence-corrected chi connectivity index (χ3v) is 4.45. The van der Waals surface area contributed by atoms with Gasteiger partial charge in [-0.1, -0.05) is 0 Å². The lowest BCUT2D eigenvalue weighted by molar-refractivity contribution is 0.0986. The van der Waals surface area contributed by atoms with Crippen LogP contribution in [0.15, 0.2) is 0 Å². The van der Waals surface area contributed by atoms with Crippen molar-refractivity contribution in [2.75, 3.05) is 32.7 Å². The van der Waals surface area contributed by atoms with Gasteiger partial charge in [0.15, 0.2) is 0 Å². The smallest absolute Gasteiger partial charge is 0.105 e. The summed E-state index contributed by atoms with van der Waals surface area (Å²) in [4.78, 5) is 5.18. The van der Waals surface area contributed by atoms with Crippen LogP contribution in [0.2, 0.25) is 0 Å². The molecule has 0 saturated carbocycles. The van der Waals surface area contributed by atoms with Crippen LogP contribution in [0, 0.1) is 11.3 Å². The fraction of sp³-hybridized carbons (Fsp3) is 0.933. The molecule has 19 heavy (non-hydrogen) atoms. The first kappa shape index (κ1) is 14.8. The van der Waals surface area contributed by atoms with Crippen molar-refractivity contribution in [1.29, 1.82) is 5.26 Å². The zero-order valence-electron chi connectivity index (χ0n) is 12.7. The van der Waals surface area contributed by atoms with E-state index < -0.39 is 0 Å². The summed E-state index contributed by atoms with van der Waals surface area (Å²) >= 11 is 0. The molecule has 2 fully saturated rings. The minimum atomic E-state index is -0.388. The van der Waals surface area contributed by atoms with E-state index in [2.05, 4.69) is 35.0 Å². The molecule has 1 N–H and O–H groups in total. The van der Waals surface area contributed by atoms with Gasteiger partial charge >= 0.3 is 0 Å². The summed E-state index contributed by atoms with van der Waals surface area (Å²) in [5, 5.41) is 12.8. The summed E-state index contributed by atoms with van der Waals surface area (Å²) in [6.07, 6.45) is 3.63. The number of piperazine rings is 1. The summed E-state index contributed by atoms with van der Waals surface area (Å²) in [7, 11) is 0. The van der Waals surface area contributed by atoms with Crippen molar-refractivity contribution in [3.05, 3.63) is 0 Å². The normalized spacial score (nSPS) is 28.1. The Hall–Kier alpha value is -0.630. The number of nitrogens with one attached hydrogen (secondary N) is 1. The topological polar surface area (TPSA) is 42.3 Å². The predicted molar refractivity (Wildman–Crippen MR) is 77.9 cm³/mol. The molecule has 108 valence electrons. The van der Waals surface area contributed by atoms with E-state index in [0.29, 0.717) is 6.04 Å². The van der Waals surface area contributed by atoms with E-state index in [4.69, 9.17) is 0 Å². The second-order valence-corrected chi connectivity index (χ2v) is 6.63. The minimum Gasteiger partial charge on any atom is -0.300 e. The molecule has 2 atom stereocenters. The number of fused-ring (bicyclic) bond motifs is 1. The largest absolute Gasteiger partial charge is 0.300 e. The highest BCUT2D eigenvalue weighted by Gasteiger charge is 2.32. The maximum absolute atomic E-state index is 9.37. The zero-order valence-corrected chi connectivity index (χ0v) is 12.7. The predicted octanol–water partition coefficient (Wildman–Crippen LogP) is 1.44. The first-order chi connectivity index (χ1) is 9.02. The molecule has 2 rings (SSSR count). The van der Waals surface area contributed by atoms with Gasteiger partial charge in [0, 0.05) is 38.3 Å². The van der Waals surface area contributed by atoms with Crippen molar-refractivity contribution in [1.82, 2.24) is 15.1 Å². The average molecular weight is 264 g/mol. The molecule has 0 aromatic heterocycles. The second kappa shape index (κ2) is 6.21. The molecule has 0 spiro atoms. The first-order valence-corrected chi connectivity index (χ1v) is 7.68. The molecule has 2 unspecified atom stereocenters. The summed E-state index contributed by atoms with van der Waals surface area (Å²) in [6, 6.07) is 3.58. The second-order valence-electron chi connectivity index (χ2n) is 6.63. The van der Waals surface area contributed by atoms with Gasteiger partial charge < -0.3 is 4.90 Å². The van der Waals surface area contributed by atoms with Gasteiger partial charge in [0.1, 0.15) is 5.54 Å². The van der Waals surface area contributed by atoms with Crippen LogP contribution in [-0.4, -0.2) is 60.1 Å². The maximum atomic E-state index is 9.37. The third-order valence-electron chi connectivity index (χ3n) is 4.45. The molecule has 2 heterocycles.